The number of nitrogens with one attached hydrogen (secondary N) is 1. The molecule has 0 unspecified atom stereocenters. The number of nitrogens with two attached hydrogens (primary N) is 1. The van der Waals surface area contributed by atoms with Crippen LogP contribution in [0.3, 0.4) is 0 Å². The number of nitrogen functional groups attached to an aromatic ring is 1. The molecular formula is C29H21F2N3O3. The number of hydrogen-bond acceptors (Lipinski definition) is 5. The molecule has 3 N–H and O–H groups in total. The van der Waals surface area contributed by atoms with Gasteiger partial charge in [0, 0.05) is 45.4 Å². The van der Waals surface area contributed by atoms with E-state index in [9.17, 15) is 13.6 Å². The molecule has 0 fully saturated rings. The SMILES string of the molecule is Cc1cc(N)nc(C)c1CNC(=O)c1ccc2c(c1)c1oc2c2ccc(Oc3ccc(F)c(F)c3)cc21. The first-order valence-electron chi connectivity index (χ1n) is 11.6. The third-order valence-electron chi connectivity index (χ3n) is 6.58. The highest BCUT2D eigenvalue weighted by Gasteiger charge is 2.20. The molecule has 0 radical (unpaired) electrons. The maximum atomic E-state index is 13.6. The Morgan fingerprint density at radius 1 is 0.892 bits per heavy atom. The lowest BCUT2D eigenvalue weighted by molar-refractivity contribution is 0.0951. The van der Waals surface area contributed by atoms with E-state index in [0.29, 0.717) is 34.8 Å². The number of halogens is 2. The van der Waals surface area contributed by atoms with Crippen LogP contribution in [0.5, 0.6) is 11.5 Å². The molecule has 3 aromatic carbocycles. The third kappa shape index (κ3) is 3.87. The summed E-state index contributed by atoms with van der Waals surface area (Å²) >= 11 is 0. The van der Waals surface area contributed by atoms with E-state index >= 15 is 0 Å². The van der Waals surface area contributed by atoms with E-state index in [1.54, 1.807) is 30.3 Å². The van der Waals surface area contributed by atoms with Crippen molar-refractivity contribution in [1.82, 2.24) is 10.3 Å². The summed E-state index contributed by atoms with van der Waals surface area (Å²) in [5.41, 5.74) is 10.3. The zero-order valence-electron chi connectivity index (χ0n) is 20.0. The second-order valence-electron chi connectivity index (χ2n) is 9.02. The lowest BCUT2D eigenvalue weighted by atomic mass is 10.0. The quantitative estimate of drug-likeness (QED) is 0.257. The van der Waals surface area contributed by atoms with Gasteiger partial charge in [0.1, 0.15) is 28.5 Å². The summed E-state index contributed by atoms with van der Waals surface area (Å²) in [5.74, 6) is -1.06. The number of furan rings is 2. The van der Waals surface area contributed by atoms with Crippen molar-refractivity contribution in [2.75, 3.05) is 5.73 Å². The Hall–Kier alpha value is -4.72. The minimum Gasteiger partial charge on any atom is -0.457 e. The van der Waals surface area contributed by atoms with Crippen molar-refractivity contribution >= 4 is 44.4 Å². The number of nitrogens with zero attached hydrogens (tertiary/aromatic N) is 1. The Labute approximate surface area is 210 Å². The number of aryl methyl sites for hydroxylation is 2. The summed E-state index contributed by atoms with van der Waals surface area (Å²) in [7, 11) is 0. The number of carbonyl (C=O) groups excluding carboxylic acids is 1. The number of aromatic nitrogens is 1. The topological polar surface area (TPSA) is 90.4 Å². The van der Waals surface area contributed by atoms with E-state index in [1.165, 1.54) is 6.07 Å². The van der Waals surface area contributed by atoms with Crippen molar-refractivity contribution in [3.05, 3.63) is 94.7 Å². The number of fused-ring (bicyclic) bond motifs is 8. The van der Waals surface area contributed by atoms with Gasteiger partial charge in [-0.15, -0.1) is 0 Å². The lowest BCUT2D eigenvalue weighted by Crippen LogP contribution is -2.24. The molecule has 0 aliphatic rings. The van der Waals surface area contributed by atoms with Gasteiger partial charge in [-0.1, -0.05) is 0 Å². The largest absolute Gasteiger partial charge is 0.457 e. The summed E-state index contributed by atoms with van der Waals surface area (Å²) in [6.07, 6.45) is 0. The molecule has 0 spiro atoms. The van der Waals surface area contributed by atoms with E-state index in [4.69, 9.17) is 14.9 Å². The average molecular weight is 498 g/mol. The van der Waals surface area contributed by atoms with Crippen molar-refractivity contribution in [1.29, 1.82) is 0 Å². The molecule has 0 aliphatic carbocycles. The van der Waals surface area contributed by atoms with Crippen LogP contribution in [0.15, 0.2) is 65.1 Å². The second kappa shape index (κ2) is 8.44. The number of rotatable bonds is 5. The number of amides is 1. The number of ether oxygens (including phenoxy) is 1. The molecule has 3 aromatic heterocycles. The van der Waals surface area contributed by atoms with Gasteiger partial charge in [0.05, 0.1) is 0 Å². The van der Waals surface area contributed by atoms with Gasteiger partial charge in [0.15, 0.2) is 11.6 Å². The van der Waals surface area contributed by atoms with Crippen LogP contribution in [0.2, 0.25) is 0 Å². The standard InChI is InChI=1S/C29H21F2N3O3/c1-14-9-26(32)34-15(2)23(14)13-33-29(35)16-3-6-19-21(10-16)28-22-11-17(4-7-20(22)27(19)37-28)36-18-5-8-24(30)25(31)12-18/h3-12H,13H2,1-2H3,(H2,32,34)(H,33,35). The van der Waals surface area contributed by atoms with Crippen LogP contribution in [-0.4, -0.2) is 10.9 Å². The van der Waals surface area contributed by atoms with Gasteiger partial charge < -0.3 is 20.2 Å². The fourth-order valence-corrected chi connectivity index (χ4v) is 4.76. The fraction of sp³-hybridized carbons (Fsp3) is 0.103. The molecule has 0 aliphatic heterocycles. The average Bonchev–Trinajstić information content (AvgIpc) is 3.42. The van der Waals surface area contributed by atoms with Crippen LogP contribution in [0.4, 0.5) is 14.6 Å². The van der Waals surface area contributed by atoms with Gasteiger partial charge in [0.25, 0.3) is 5.91 Å². The van der Waals surface area contributed by atoms with Gasteiger partial charge in [-0.2, -0.15) is 0 Å². The van der Waals surface area contributed by atoms with Crippen LogP contribution < -0.4 is 15.8 Å². The first-order valence-corrected chi connectivity index (χ1v) is 11.6. The number of anilines is 1. The van der Waals surface area contributed by atoms with Gasteiger partial charge in [0.2, 0.25) is 0 Å². The molecule has 6 aromatic rings. The van der Waals surface area contributed by atoms with Gasteiger partial charge >= 0.3 is 0 Å². The summed E-state index contributed by atoms with van der Waals surface area (Å²) in [5, 5.41) is 6.38. The van der Waals surface area contributed by atoms with E-state index in [1.807, 2.05) is 26.0 Å². The normalized spacial score (nSPS) is 11.6. The molecule has 0 atom stereocenters. The molecule has 0 saturated heterocycles. The summed E-state index contributed by atoms with van der Waals surface area (Å²) in [4.78, 5) is 17.3. The molecular weight excluding hydrogens is 476 g/mol. The third-order valence-corrected chi connectivity index (χ3v) is 6.58. The molecule has 184 valence electrons. The minimum atomic E-state index is -0.983. The first-order chi connectivity index (χ1) is 17.8. The maximum Gasteiger partial charge on any atom is 0.251 e. The van der Waals surface area contributed by atoms with Crippen LogP contribution in [-0.2, 0) is 6.54 Å². The molecule has 1 amide bonds. The molecule has 37 heavy (non-hydrogen) atoms. The fourth-order valence-electron chi connectivity index (χ4n) is 4.76. The Bertz CT molecular complexity index is 1820. The molecule has 6 nitrogen and oxygen atoms in total. The van der Waals surface area contributed by atoms with Crippen molar-refractivity contribution in [3.63, 3.8) is 0 Å². The molecule has 2 bridgehead atoms. The second-order valence-corrected chi connectivity index (χ2v) is 9.02. The van der Waals surface area contributed by atoms with Crippen molar-refractivity contribution in [3.8, 4) is 11.5 Å². The Morgan fingerprint density at radius 3 is 2.32 bits per heavy atom. The van der Waals surface area contributed by atoms with Crippen LogP contribution in [0.1, 0.15) is 27.2 Å². The highest BCUT2D eigenvalue weighted by atomic mass is 19.2. The molecule has 8 heteroatoms. The number of carbonyl (C=O) groups is 1. The summed E-state index contributed by atoms with van der Waals surface area (Å²) in [6.45, 7) is 4.13. The zero-order valence-corrected chi connectivity index (χ0v) is 20.0. The Morgan fingerprint density at radius 2 is 1.57 bits per heavy atom. The molecule has 3 heterocycles. The van der Waals surface area contributed by atoms with Gasteiger partial charge in [-0.05, 0) is 79.6 Å². The van der Waals surface area contributed by atoms with Crippen LogP contribution >= 0.6 is 0 Å². The highest BCUT2D eigenvalue weighted by Crippen LogP contribution is 2.42. The molecule has 6 rings (SSSR count). The zero-order chi connectivity index (χ0) is 25.8. The first kappa shape index (κ1) is 22.7. The van der Waals surface area contributed by atoms with Crippen molar-refractivity contribution in [2.45, 2.75) is 20.4 Å². The van der Waals surface area contributed by atoms with E-state index in [2.05, 4.69) is 10.3 Å². The minimum absolute atomic E-state index is 0.182. The van der Waals surface area contributed by atoms with E-state index in [-0.39, 0.29) is 11.7 Å². The van der Waals surface area contributed by atoms with Gasteiger partial charge in [-0.3, -0.25) is 4.79 Å². The Kier molecular flexibility index (Phi) is 5.19. The van der Waals surface area contributed by atoms with Crippen molar-refractivity contribution in [2.24, 2.45) is 0 Å². The number of hydrogen-bond donors (Lipinski definition) is 2. The number of benzene rings is 4. The predicted octanol–water partition coefficient (Wildman–Crippen LogP) is 6.77. The van der Waals surface area contributed by atoms with Crippen LogP contribution in [0, 0.1) is 25.5 Å². The van der Waals surface area contributed by atoms with Gasteiger partial charge in [-0.25, -0.2) is 13.8 Å². The maximum absolute atomic E-state index is 13.6. The predicted molar refractivity (Wildman–Crippen MR) is 138 cm³/mol. The molecule has 0 saturated carbocycles. The van der Waals surface area contributed by atoms with E-state index < -0.39 is 11.6 Å². The Balaban J connectivity index is 1.30. The van der Waals surface area contributed by atoms with Crippen LogP contribution in [0.25, 0.3) is 32.7 Å². The number of pyridine rings is 1. The van der Waals surface area contributed by atoms with E-state index in [0.717, 1.165) is 50.5 Å². The smallest absolute Gasteiger partial charge is 0.251 e. The monoisotopic (exact) mass is 497 g/mol. The highest BCUT2D eigenvalue weighted by molar-refractivity contribution is 6.26. The van der Waals surface area contributed by atoms with Crippen molar-refractivity contribution < 1.29 is 22.7 Å². The lowest BCUT2D eigenvalue weighted by Gasteiger charge is -2.11. The summed E-state index contributed by atoms with van der Waals surface area (Å²) < 4.78 is 38.6. The summed E-state index contributed by atoms with van der Waals surface area (Å²) in [6, 6.07) is 16.0.